The summed E-state index contributed by atoms with van der Waals surface area (Å²) in [6.07, 6.45) is 2.71. The number of anilines is 1. The number of nitrogens with one attached hydrogen (secondary N) is 1. The molecule has 20 heavy (non-hydrogen) atoms. The van der Waals surface area contributed by atoms with E-state index in [4.69, 9.17) is 4.74 Å². The Bertz CT molecular complexity index is 472. The zero-order valence-corrected chi connectivity index (χ0v) is 11.9. The summed E-state index contributed by atoms with van der Waals surface area (Å²) < 4.78 is 5.24. The number of pyridine rings is 1. The molecule has 2 rings (SSSR count). The van der Waals surface area contributed by atoms with Gasteiger partial charge in [0.05, 0.1) is 5.60 Å². The lowest BCUT2D eigenvalue weighted by molar-refractivity contribution is -0.0734. The van der Waals surface area contributed by atoms with Crippen LogP contribution in [0.5, 0.6) is 0 Å². The SMILES string of the molecule is CNc1cc(C(=O)N(C)CC2(O)CCOCC2)ccn1. The van der Waals surface area contributed by atoms with E-state index in [0.717, 1.165) is 0 Å². The van der Waals surface area contributed by atoms with E-state index < -0.39 is 5.60 Å². The monoisotopic (exact) mass is 279 g/mol. The lowest BCUT2D eigenvalue weighted by atomic mass is 9.94. The van der Waals surface area contributed by atoms with Gasteiger partial charge in [-0.3, -0.25) is 4.79 Å². The van der Waals surface area contributed by atoms with Gasteiger partial charge >= 0.3 is 0 Å². The third kappa shape index (κ3) is 3.46. The van der Waals surface area contributed by atoms with Crippen molar-refractivity contribution >= 4 is 11.7 Å². The minimum atomic E-state index is -0.846. The van der Waals surface area contributed by atoms with Crippen molar-refractivity contribution in [3.05, 3.63) is 23.9 Å². The molecule has 6 heteroatoms. The molecule has 0 bridgehead atoms. The van der Waals surface area contributed by atoms with Crippen LogP contribution in [0.2, 0.25) is 0 Å². The van der Waals surface area contributed by atoms with Gasteiger partial charge < -0.3 is 20.1 Å². The summed E-state index contributed by atoms with van der Waals surface area (Å²) in [6.45, 7) is 1.39. The number of aromatic nitrogens is 1. The Hall–Kier alpha value is -1.66. The first kappa shape index (κ1) is 14.7. The third-order valence-corrected chi connectivity index (χ3v) is 3.56. The average Bonchev–Trinajstić information content (AvgIpc) is 2.46. The lowest BCUT2D eigenvalue weighted by Gasteiger charge is -2.35. The van der Waals surface area contributed by atoms with Gasteiger partial charge in [-0.05, 0) is 12.1 Å². The van der Waals surface area contributed by atoms with Crippen LogP contribution in [0.1, 0.15) is 23.2 Å². The highest BCUT2D eigenvalue weighted by Crippen LogP contribution is 2.22. The van der Waals surface area contributed by atoms with Crippen molar-refractivity contribution < 1.29 is 14.6 Å². The molecule has 2 heterocycles. The Labute approximate surface area is 118 Å². The highest BCUT2D eigenvalue weighted by Gasteiger charge is 2.32. The predicted molar refractivity (Wildman–Crippen MR) is 75.7 cm³/mol. The van der Waals surface area contributed by atoms with Gasteiger partial charge in [0.15, 0.2) is 0 Å². The van der Waals surface area contributed by atoms with Gasteiger partial charge in [-0.1, -0.05) is 0 Å². The van der Waals surface area contributed by atoms with Crippen LogP contribution in [0.3, 0.4) is 0 Å². The highest BCUT2D eigenvalue weighted by molar-refractivity contribution is 5.94. The Morgan fingerprint density at radius 3 is 2.90 bits per heavy atom. The fourth-order valence-corrected chi connectivity index (χ4v) is 2.34. The average molecular weight is 279 g/mol. The van der Waals surface area contributed by atoms with Crippen LogP contribution in [0.25, 0.3) is 0 Å². The van der Waals surface area contributed by atoms with Crippen LogP contribution in [0.4, 0.5) is 5.82 Å². The van der Waals surface area contributed by atoms with Crippen LogP contribution < -0.4 is 5.32 Å². The van der Waals surface area contributed by atoms with Gasteiger partial charge in [0.1, 0.15) is 5.82 Å². The topological polar surface area (TPSA) is 74.7 Å². The molecule has 0 spiro atoms. The van der Waals surface area contributed by atoms with Gasteiger partial charge in [-0.25, -0.2) is 4.98 Å². The molecule has 1 aromatic rings. The number of likely N-dealkylation sites (N-methyl/N-ethyl adjacent to an activating group) is 1. The largest absolute Gasteiger partial charge is 0.388 e. The fraction of sp³-hybridized carbons (Fsp3) is 0.571. The molecular formula is C14H21N3O3. The molecule has 110 valence electrons. The standard InChI is InChI=1S/C14H21N3O3/c1-15-12-9-11(3-6-16-12)13(18)17(2)10-14(19)4-7-20-8-5-14/h3,6,9,19H,4-5,7-8,10H2,1-2H3,(H,15,16). The molecule has 0 radical (unpaired) electrons. The molecule has 2 N–H and O–H groups in total. The number of carbonyl (C=O) groups excluding carboxylic acids is 1. The molecule has 0 saturated carbocycles. The zero-order chi connectivity index (χ0) is 14.6. The third-order valence-electron chi connectivity index (χ3n) is 3.56. The minimum Gasteiger partial charge on any atom is -0.388 e. The van der Waals surface area contributed by atoms with E-state index in [9.17, 15) is 9.90 Å². The van der Waals surface area contributed by atoms with Crippen LogP contribution in [0, 0.1) is 0 Å². The van der Waals surface area contributed by atoms with Crippen molar-refractivity contribution in [2.45, 2.75) is 18.4 Å². The Kier molecular flexibility index (Phi) is 4.57. The lowest BCUT2D eigenvalue weighted by Crippen LogP contribution is -2.47. The Morgan fingerprint density at radius 2 is 2.25 bits per heavy atom. The molecule has 1 amide bonds. The van der Waals surface area contributed by atoms with Crippen molar-refractivity contribution in [2.75, 3.05) is 39.2 Å². The molecule has 0 aliphatic carbocycles. The number of hydrogen-bond acceptors (Lipinski definition) is 5. The van der Waals surface area contributed by atoms with Crippen molar-refractivity contribution in [3.8, 4) is 0 Å². The van der Waals surface area contributed by atoms with Gasteiger partial charge in [0, 0.05) is 58.5 Å². The second kappa shape index (κ2) is 6.19. The van der Waals surface area contributed by atoms with Gasteiger partial charge in [-0.15, -0.1) is 0 Å². The van der Waals surface area contributed by atoms with Crippen LogP contribution in [-0.4, -0.2) is 60.4 Å². The number of hydrogen-bond donors (Lipinski definition) is 2. The van der Waals surface area contributed by atoms with Crippen molar-refractivity contribution in [2.24, 2.45) is 0 Å². The first-order valence-corrected chi connectivity index (χ1v) is 6.73. The molecule has 1 saturated heterocycles. The number of rotatable bonds is 4. The number of carbonyl (C=O) groups is 1. The van der Waals surface area contributed by atoms with Crippen molar-refractivity contribution in [3.63, 3.8) is 0 Å². The molecule has 1 aliphatic rings. The first-order chi connectivity index (χ1) is 9.54. The molecule has 0 atom stereocenters. The smallest absolute Gasteiger partial charge is 0.253 e. The summed E-state index contributed by atoms with van der Waals surface area (Å²) in [5.74, 6) is 0.526. The highest BCUT2D eigenvalue weighted by atomic mass is 16.5. The number of amides is 1. The maximum atomic E-state index is 12.4. The molecule has 6 nitrogen and oxygen atoms in total. The molecule has 0 aromatic carbocycles. The number of ether oxygens (including phenoxy) is 1. The quantitative estimate of drug-likeness (QED) is 0.850. The summed E-state index contributed by atoms with van der Waals surface area (Å²) in [5, 5.41) is 13.3. The maximum Gasteiger partial charge on any atom is 0.253 e. The number of aliphatic hydroxyl groups is 1. The van der Waals surface area contributed by atoms with Crippen molar-refractivity contribution in [1.29, 1.82) is 0 Å². The van der Waals surface area contributed by atoms with Gasteiger partial charge in [-0.2, -0.15) is 0 Å². The molecule has 1 aliphatic heterocycles. The minimum absolute atomic E-state index is 0.121. The maximum absolute atomic E-state index is 12.4. The first-order valence-electron chi connectivity index (χ1n) is 6.73. The van der Waals surface area contributed by atoms with Crippen LogP contribution in [0.15, 0.2) is 18.3 Å². The van der Waals surface area contributed by atoms with E-state index in [1.165, 1.54) is 0 Å². The second-order valence-electron chi connectivity index (χ2n) is 5.18. The fourth-order valence-electron chi connectivity index (χ4n) is 2.34. The second-order valence-corrected chi connectivity index (χ2v) is 5.18. The summed E-state index contributed by atoms with van der Waals surface area (Å²) in [4.78, 5) is 18.0. The van der Waals surface area contributed by atoms with E-state index in [-0.39, 0.29) is 5.91 Å². The van der Waals surface area contributed by atoms with E-state index in [1.807, 2.05) is 0 Å². The molecule has 1 aromatic heterocycles. The van der Waals surface area contributed by atoms with Gasteiger partial charge in [0.2, 0.25) is 0 Å². The number of nitrogens with zero attached hydrogens (tertiary/aromatic N) is 2. The van der Waals surface area contributed by atoms with E-state index in [2.05, 4.69) is 10.3 Å². The summed E-state index contributed by atoms with van der Waals surface area (Å²) in [6, 6.07) is 3.38. The Morgan fingerprint density at radius 1 is 1.55 bits per heavy atom. The van der Waals surface area contributed by atoms with E-state index in [0.29, 0.717) is 44.0 Å². The normalized spacial score (nSPS) is 17.6. The zero-order valence-electron chi connectivity index (χ0n) is 11.9. The Balaban J connectivity index is 2.04. The summed E-state index contributed by atoms with van der Waals surface area (Å²) in [7, 11) is 3.46. The van der Waals surface area contributed by atoms with E-state index >= 15 is 0 Å². The molecule has 0 unspecified atom stereocenters. The molecular weight excluding hydrogens is 258 g/mol. The van der Waals surface area contributed by atoms with Crippen LogP contribution >= 0.6 is 0 Å². The summed E-state index contributed by atoms with van der Waals surface area (Å²) >= 11 is 0. The van der Waals surface area contributed by atoms with Gasteiger partial charge in [0.25, 0.3) is 5.91 Å². The predicted octanol–water partition coefficient (Wildman–Crippen LogP) is 0.737. The summed E-state index contributed by atoms with van der Waals surface area (Å²) in [5.41, 5.74) is -0.288. The molecule has 1 fully saturated rings. The van der Waals surface area contributed by atoms with Crippen LogP contribution in [-0.2, 0) is 4.74 Å². The van der Waals surface area contributed by atoms with Crippen molar-refractivity contribution in [1.82, 2.24) is 9.88 Å². The van der Waals surface area contributed by atoms with E-state index in [1.54, 1.807) is 37.3 Å².